The van der Waals surface area contributed by atoms with Crippen LogP contribution in [-0.4, -0.2) is 4.98 Å². The maximum absolute atomic E-state index is 9.59. The van der Waals surface area contributed by atoms with Crippen molar-refractivity contribution in [2.24, 2.45) is 0 Å². The van der Waals surface area contributed by atoms with Gasteiger partial charge in [-0.15, -0.1) is 11.3 Å². The van der Waals surface area contributed by atoms with Crippen molar-refractivity contribution in [3.8, 4) is 28.5 Å². The molecule has 134 valence electrons. The van der Waals surface area contributed by atoms with Gasteiger partial charge in [-0.2, -0.15) is 5.26 Å². The minimum absolute atomic E-state index is 0.584. The summed E-state index contributed by atoms with van der Waals surface area (Å²) < 4.78 is 0. The Labute approximate surface area is 169 Å². The van der Waals surface area contributed by atoms with Gasteiger partial charge in [-0.25, -0.2) is 4.98 Å². The summed E-state index contributed by atoms with van der Waals surface area (Å²) in [5.74, 6) is 0. The Bertz CT molecular complexity index is 1150. The van der Waals surface area contributed by atoms with Crippen LogP contribution in [0.25, 0.3) is 34.0 Å². The van der Waals surface area contributed by atoms with Crippen LogP contribution in [0.2, 0.25) is 0 Å². The topological polar surface area (TPSA) is 36.7 Å². The van der Waals surface area contributed by atoms with Crippen LogP contribution in [0.4, 0.5) is 0 Å². The van der Waals surface area contributed by atoms with E-state index in [0.29, 0.717) is 5.57 Å². The summed E-state index contributed by atoms with van der Waals surface area (Å²) in [6, 6.07) is 29.1. The standard InChI is InChI=1S/C25H18N2S/c1-18-7-9-19(10-8-18)15-23(16-26)25-27-24(17-28-25)22-13-11-21(12-14-22)20-5-3-2-4-6-20/h2-15,17H,1H3/b23-15-. The summed E-state index contributed by atoms with van der Waals surface area (Å²) >= 11 is 1.50. The van der Waals surface area contributed by atoms with E-state index in [4.69, 9.17) is 4.98 Å². The van der Waals surface area contributed by atoms with Gasteiger partial charge in [0.2, 0.25) is 0 Å². The summed E-state index contributed by atoms with van der Waals surface area (Å²) in [7, 11) is 0. The highest BCUT2D eigenvalue weighted by Gasteiger charge is 2.09. The maximum atomic E-state index is 9.59. The van der Waals surface area contributed by atoms with Gasteiger partial charge < -0.3 is 0 Å². The van der Waals surface area contributed by atoms with Crippen molar-refractivity contribution < 1.29 is 0 Å². The van der Waals surface area contributed by atoms with Crippen molar-refractivity contribution in [3.05, 3.63) is 100 Å². The molecule has 0 fully saturated rings. The lowest BCUT2D eigenvalue weighted by Crippen LogP contribution is -1.84. The molecule has 0 amide bonds. The molecule has 3 heteroatoms. The van der Waals surface area contributed by atoms with E-state index in [1.807, 2.05) is 53.9 Å². The largest absolute Gasteiger partial charge is 0.235 e. The number of rotatable bonds is 4. The van der Waals surface area contributed by atoms with Gasteiger partial charge in [0.15, 0.2) is 0 Å². The van der Waals surface area contributed by atoms with Crippen molar-refractivity contribution >= 4 is 23.0 Å². The third kappa shape index (κ3) is 3.93. The first kappa shape index (κ1) is 17.9. The Kier molecular flexibility index (Phi) is 5.14. The molecule has 4 rings (SSSR count). The minimum atomic E-state index is 0.584. The van der Waals surface area contributed by atoms with Crippen molar-refractivity contribution in [2.45, 2.75) is 6.92 Å². The predicted molar refractivity (Wildman–Crippen MR) is 118 cm³/mol. The summed E-state index contributed by atoms with van der Waals surface area (Å²) in [4.78, 5) is 4.70. The van der Waals surface area contributed by atoms with Crippen molar-refractivity contribution in [3.63, 3.8) is 0 Å². The maximum Gasteiger partial charge on any atom is 0.134 e. The fourth-order valence-corrected chi connectivity index (χ4v) is 3.76. The Morgan fingerprint density at radius 2 is 1.50 bits per heavy atom. The van der Waals surface area contributed by atoms with Crippen LogP contribution in [-0.2, 0) is 0 Å². The van der Waals surface area contributed by atoms with Gasteiger partial charge in [0.25, 0.3) is 0 Å². The van der Waals surface area contributed by atoms with E-state index < -0.39 is 0 Å². The van der Waals surface area contributed by atoms with Gasteiger partial charge in [0.05, 0.1) is 11.3 Å². The molecule has 3 aromatic carbocycles. The van der Waals surface area contributed by atoms with Crippen molar-refractivity contribution in [1.29, 1.82) is 5.26 Å². The normalized spacial score (nSPS) is 11.2. The van der Waals surface area contributed by atoms with Gasteiger partial charge in [-0.05, 0) is 29.7 Å². The monoisotopic (exact) mass is 378 g/mol. The first-order chi connectivity index (χ1) is 13.7. The second kappa shape index (κ2) is 8.04. The quantitative estimate of drug-likeness (QED) is 0.364. The second-order valence-electron chi connectivity index (χ2n) is 6.56. The summed E-state index contributed by atoms with van der Waals surface area (Å²) in [5, 5.41) is 12.3. The summed E-state index contributed by atoms with van der Waals surface area (Å²) in [6.07, 6.45) is 1.89. The van der Waals surface area contributed by atoms with Crippen molar-refractivity contribution in [1.82, 2.24) is 4.98 Å². The first-order valence-corrected chi connectivity index (χ1v) is 9.91. The van der Waals surface area contributed by atoms with Crippen LogP contribution in [0.1, 0.15) is 16.1 Å². The molecular formula is C25H18N2S. The molecule has 1 heterocycles. The number of benzene rings is 3. The first-order valence-electron chi connectivity index (χ1n) is 9.03. The molecule has 0 saturated carbocycles. The Balaban J connectivity index is 1.60. The average molecular weight is 379 g/mol. The van der Waals surface area contributed by atoms with Crippen LogP contribution in [0.3, 0.4) is 0 Å². The third-order valence-corrected chi connectivity index (χ3v) is 5.41. The number of hydrogen-bond acceptors (Lipinski definition) is 3. The van der Waals surface area contributed by atoms with E-state index in [0.717, 1.165) is 21.8 Å². The molecule has 0 N–H and O–H groups in total. The van der Waals surface area contributed by atoms with Gasteiger partial charge >= 0.3 is 0 Å². The lowest BCUT2D eigenvalue weighted by molar-refractivity contribution is 1.37. The average Bonchev–Trinajstić information content (AvgIpc) is 3.24. The number of hydrogen-bond donors (Lipinski definition) is 0. The van der Waals surface area contributed by atoms with Crippen LogP contribution in [0.5, 0.6) is 0 Å². The van der Waals surface area contributed by atoms with Gasteiger partial charge in [0, 0.05) is 10.9 Å². The Morgan fingerprint density at radius 1 is 0.857 bits per heavy atom. The van der Waals surface area contributed by atoms with Gasteiger partial charge in [-0.3, -0.25) is 0 Å². The molecule has 1 aromatic heterocycles. The van der Waals surface area contributed by atoms with E-state index in [1.54, 1.807) is 0 Å². The van der Waals surface area contributed by atoms with E-state index in [-0.39, 0.29) is 0 Å². The highest BCUT2D eigenvalue weighted by Crippen LogP contribution is 2.29. The van der Waals surface area contributed by atoms with E-state index in [2.05, 4.69) is 49.4 Å². The summed E-state index contributed by atoms with van der Waals surface area (Å²) in [5.41, 5.74) is 7.11. The molecule has 0 aliphatic rings. The van der Waals surface area contributed by atoms with Gasteiger partial charge in [-0.1, -0.05) is 84.4 Å². The molecule has 28 heavy (non-hydrogen) atoms. The second-order valence-corrected chi connectivity index (χ2v) is 7.42. The van der Waals surface area contributed by atoms with Crippen LogP contribution in [0.15, 0.2) is 84.2 Å². The number of aryl methyl sites for hydroxylation is 1. The third-order valence-electron chi connectivity index (χ3n) is 4.53. The molecular weight excluding hydrogens is 360 g/mol. The zero-order chi connectivity index (χ0) is 19.3. The van der Waals surface area contributed by atoms with E-state index in [1.165, 1.54) is 28.0 Å². The lowest BCUT2D eigenvalue weighted by atomic mass is 10.0. The van der Waals surface area contributed by atoms with Crippen molar-refractivity contribution in [2.75, 3.05) is 0 Å². The number of allylic oxidation sites excluding steroid dienone is 1. The fraction of sp³-hybridized carbons (Fsp3) is 0.0400. The number of thiazole rings is 1. The van der Waals surface area contributed by atoms with E-state index in [9.17, 15) is 5.26 Å². The van der Waals surface area contributed by atoms with Crippen LogP contribution in [0, 0.1) is 18.3 Å². The molecule has 0 radical (unpaired) electrons. The number of nitriles is 1. The molecule has 0 saturated heterocycles. The zero-order valence-electron chi connectivity index (χ0n) is 15.5. The van der Waals surface area contributed by atoms with E-state index >= 15 is 0 Å². The van der Waals surface area contributed by atoms with Gasteiger partial charge in [0.1, 0.15) is 11.1 Å². The number of aromatic nitrogens is 1. The SMILES string of the molecule is Cc1ccc(/C=C(/C#N)c2nc(-c3ccc(-c4ccccc4)cc3)cs2)cc1. The molecule has 4 aromatic rings. The minimum Gasteiger partial charge on any atom is -0.235 e. The molecule has 0 atom stereocenters. The molecule has 0 spiro atoms. The number of nitrogens with zero attached hydrogens (tertiary/aromatic N) is 2. The highest BCUT2D eigenvalue weighted by atomic mass is 32.1. The van der Waals surface area contributed by atoms with Crippen LogP contribution < -0.4 is 0 Å². The molecule has 0 aliphatic carbocycles. The smallest absolute Gasteiger partial charge is 0.134 e. The Morgan fingerprint density at radius 3 is 2.18 bits per heavy atom. The molecule has 0 aliphatic heterocycles. The summed E-state index contributed by atoms with van der Waals surface area (Å²) in [6.45, 7) is 2.05. The molecule has 2 nitrogen and oxygen atoms in total. The molecule has 0 unspecified atom stereocenters. The lowest BCUT2D eigenvalue weighted by Gasteiger charge is -2.02. The molecule has 0 bridgehead atoms. The van der Waals surface area contributed by atoms with Crippen LogP contribution >= 0.6 is 11.3 Å². The fourth-order valence-electron chi connectivity index (χ4n) is 2.97. The zero-order valence-corrected chi connectivity index (χ0v) is 16.3. The Hall–Kier alpha value is -3.48. The predicted octanol–water partition coefficient (Wildman–Crippen LogP) is 6.85. The highest BCUT2D eigenvalue weighted by molar-refractivity contribution is 7.11.